The molecule has 0 amide bonds. The predicted octanol–water partition coefficient (Wildman–Crippen LogP) is 10.7. The van der Waals surface area contributed by atoms with E-state index in [1.807, 2.05) is 0 Å². The maximum Gasteiger partial charge on any atom is 0.120 e. The number of rotatable bonds is 4. The van der Waals surface area contributed by atoms with Gasteiger partial charge in [0, 0.05) is 33.5 Å². The fraction of sp³-hybridized carbons (Fsp3) is 0.0455. The van der Waals surface area contributed by atoms with E-state index in [0.29, 0.717) is 0 Å². The van der Waals surface area contributed by atoms with Crippen molar-refractivity contribution < 1.29 is 0 Å². The summed E-state index contributed by atoms with van der Waals surface area (Å²) >= 11 is 0. The molecule has 0 N–H and O–H groups in total. The third kappa shape index (κ3) is 4.31. The first-order valence-electron chi connectivity index (χ1n) is 16.4. The molecule has 0 bridgehead atoms. The highest BCUT2D eigenvalue weighted by Crippen LogP contribution is 2.43. The normalized spacial score (nSPS) is 13.4. The number of hydrogen-bond acceptors (Lipinski definition) is 1. The molecule has 3 heteroatoms. The minimum Gasteiger partial charge on any atom is -0.311 e. The molecule has 0 unspecified atom stereocenters. The van der Waals surface area contributed by atoms with Crippen LogP contribution in [0, 0.1) is 0 Å². The molecular formula is C44H34N2Si. The van der Waals surface area contributed by atoms with Gasteiger partial charge >= 0.3 is 0 Å². The lowest BCUT2D eigenvalue weighted by Gasteiger charge is -2.41. The highest BCUT2D eigenvalue weighted by atomic mass is 28.3. The van der Waals surface area contributed by atoms with Crippen molar-refractivity contribution in [3.05, 3.63) is 170 Å². The van der Waals surface area contributed by atoms with E-state index >= 15 is 0 Å². The van der Waals surface area contributed by atoms with E-state index in [0.717, 1.165) is 0 Å². The molecule has 47 heavy (non-hydrogen) atoms. The molecule has 1 aliphatic rings. The summed E-state index contributed by atoms with van der Waals surface area (Å²) in [7, 11) is -2.20. The number of para-hydroxylation sites is 2. The van der Waals surface area contributed by atoms with E-state index in [1.54, 1.807) is 0 Å². The van der Waals surface area contributed by atoms with Crippen LogP contribution in [0.15, 0.2) is 170 Å². The van der Waals surface area contributed by atoms with Crippen LogP contribution in [0.25, 0.3) is 49.7 Å². The Kier molecular flexibility index (Phi) is 6.31. The minimum absolute atomic E-state index is 1.18. The lowest BCUT2D eigenvalue weighted by atomic mass is 10.0. The average molecular weight is 619 g/mol. The number of nitrogens with zero attached hydrogens (tertiary/aromatic N) is 2. The van der Waals surface area contributed by atoms with Gasteiger partial charge in [0.2, 0.25) is 0 Å². The Hall–Kier alpha value is -5.64. The van der Waals surface area contributed by atoms with Crippen LogP contribution in [0.5, 0.6) is 0 Å². The predicted molar refractivity (Wildman–Crippen MR) is 203 cm³/mol. The molecule has 1 aromatic heterocycles. The Morgan fingerprint density at radius 2 is 1.04 bits per heavy atom. The van der Waals surface area contributed by atoms with Crippen molar-refractivity contribution >= 4 is 57.3 Å². The van der Waals surface area contributed by atoms with Crippen LogP contribution < -0.4 is 15.3 Å². The zero-order valence-electron chi connectivity index (χ0n) is 26.6. The Morgan fingerprint density at radius 1 is 0.426 bits per heavy atom. The molecule has 0 saturated heterocycles. The van der Waals surface area contributed by atoms with Crippen LogP contribution in [0.4, 0.5) is 17.1 Å². The van der Waals surface area contributed by atoms with Crippen molar-refractivity contribution in [2.24, 2.45) is 0 Å². The second-order valence-corrected chi connectivity index (χ2v) is 17.3. The summed E-state index contributed by atoms with van der Waals surface area (Å²) in [5.41, 5.74) is 12.4. The van der Waals surface area contributed by atoms with Crippen LogP contribution in [-0.4, -0.2) is 12.6 Å². The molecule has 7 aromatic carbocycles. The highest BCUT2D eigenvalue weighted by molar-refractivity contribution is 7.04. The number of benzene rings is 7. The van der Waals surface area contributed by atoms with Gasteiger partial charge in [-0.2, -0.15) is 0 Å². The van der Waals surface area contributed by atoms with Gasteiger partial charge in [0.05, 0.1) is 11.0 Å². The van der Waals surface area contributed by atoms with Crippen LogP contribution in [-0.2, 0) is 0 Å². The minimum atomic E-state index is -2.20. The molecular weight excluding hydrogens is 585 g/mol. The Balaban J connectivity index is 1.33. The Bertz CT molecular complexity index is 2420. The molecule has 2 heterocycles. The van der Waals surface area contributed by atoms with Gasteiger partial charge in [-0.3, -0.25) is 0 Å². The van der Waals surface area contributed by atoms with Gasteiger partial charge in [-0.1, -0.05) is 140 Å². The van der Waals surface area contributed by atoms with E-state index < -0.39 is 8.07 Å². The fourth-order valence-electron chi connectivity index (χ4n) is 7.75. The SMILES string of the molecule is C[Si]1(C)c2ccccc2N(c2ccc(-c3ccccc3)cc2)c2ccc3c4ccccc4n(-c4cccc(-c5ccccc5)c4)c3c21. The molecule has 0 aliphatic carbocycles. The summed E-state index contributed by atoms with van der Waals surface area (Å²) < 4.78 is 2.54. The first kappa shape index (κ1) is 27.6. The van der Waals surface area contributed by atoms with Crippen molar-refractivity contribution in [1.29, 1.82) is 0 Å². The quantitative estimate of drug-likeness (QED) is 0.178. The fourth-order valence-corrected chi connectivity index (χ4v) is 11.0. The zero-order chi connectivity index (χ0) is 31.5. The van der Waals surface area contributed by atoms with Gasteiger partial charge in [0.25, 0.3) is 0 Å². The summed E-state index contributed by atoms with van der Waals surface area (Å²) in [6.07, 6.45) is 0. The number of hydrogen-bond donors (Lipinski definition) is 0. The van der Waals surface area contributed by atoms with Crippen molar-refractivity contribution in [2.45, 2.75) is 13.1 Å². The second-order valence-electron chi connectivity index (χ2n) is 13.0. The standard InChI is InChI=1S/C44H34N2Si/c1-47(2)42-23-12-11-22-40(42)45(35-26-24-33(25-27-35)31-14-5-3-6-15-31)41-29-28-38-37-20-9-10-21-39(37)46(43(38)44(41)47)36-19-13-18-34(30-36)32-16-7-4-8-17-32/h3-30H,1-2H3. The number of fused-ring (bicyclic) bond motifs is 6. The largest absolute Gasteiger partial charge is 0.311 e. The maximum absolute atomic E-state index is 2.54. The van der Waals surface area contributed by atoms with Gasteiger partial charge < -0.3 is 9.47 Å². The highest BCUT2D eigenvalue weighted by Gasteiger charge is 2.41. The van der Waals surface area contributed by atoms with Crippen molar-refractivity contribution in [1.82, 2.24) is 4.57 Å². The molecule has 0 atom stereocenters. The van der Waals surface area contributed by atoms with Crippen LogP contribution in [0.1, 0.15) is 0 Å². The van der Waals surface area contributed by atoms with Gasteiger partial charge in [0.15, 0.2) is 0 Å². The summed E-state index contributed by atoms with van der Waals surface area (Å²) in [6, 6.07) is 62.2. The molecule has 9 rings (SSSR count). The summed E-state index contributed by atoms with van der Waals surface area (Å²) in [5.74, 6) is 0. The van der Waals surface area contributed by atoms with Crippen LogP contribution in [0.2, 0.25) is 13.1 Å². The third-order valence-electron chi connectivity index (χ3n) is 9.94. The van der Waals surface area contributed by atoms with Gasteiger partial charge in [0.1, 0.15) is 8.07 Å². The molecule has 8 aromatic rings. The molecule has 0 spiro atoms. The smallest absolute Gasteiger partial charge is 0.120 e. The van der Waals surface area contributed by atoms with E-state index in [2.05, 4.69) is 192 Å². The summed E-state index contributed by atoms with van der Waals surface area (Å²) in [5, 5.41) is 5.53. The van der Waals surface area contributed by atoms with E-state index in [4.69, 9.17) is 0 Å². The second kappa shape index (κ2) is 10.7. The van der Waals surface area contributed by atoms with E-state index in [-0.39, 0.29) is 0 Å². The molecule has 0 fully saturated rings. The Labute approximate surface area is 276 Å². The van der Waals surface area contributed by atoms with E-state index in [1.165, 1.54) is 77.2 Å². The topological polar surface area (TPSA) is 8.17 Å². The lowest BCUT2D eigenvalue weighted by Crippen LogP contribution is -2.59. The van der Waals surface area contributed by atoms with Gasteiger partial charge in [-0.05, 0) is 75.1 Å². The van der Waals surface area contributed by atoms with Crippen LogP contribution >= 0.6 is 0 Å². The summed E-state index contributed by atoms with van der Waals surface area (Å²) in [4.78, 5) is 2.50. The third-order valence-corrected chi connectivity index (χ3v) is 13.5. The number of anilines is 3. The number of aromatic nitrogens is 1. The molecule has 224 valence electrons. The van der Waals surface area contributed by atoms with Gasteiger partial charge in [-0.15, -0.1) is 0 Å². The Morgan fingerprint density at radius 3 is 1.81 bits per heavy atom. The average Bonchev–Trinajstić information content (AvgIpc) is 3.47. The first-order chi connectivity index (χ1) is 23.1. The van der Waals surface area contributed by atoms with Crippen molar-refractivity contribution in [3.63, 3.8) is 0 Å². The van der Waals surface area contributed by atoms with E-state index in [9.17, 15) is 0 Å². The summed E-state index contributed by atoms with van der Waals surface area (Å²) in [6.45, 7) is 5.06. The zero-order valence-corrected chi connectivity index (χ0v) is 27.6. The molecule has 0 saturated carbocycles. The lowest BCUT2D eigenvalue weighted by molar-refractivity contribution is 1.18. The monoisotopic (exact) mass is 618 g/mol. The van der Waals surface area contributed by atoms with Gasteiger partial charge in [-0.25, -0.2) is 0 Å². The maximum atomic E-state index is 2.54. The first-order valence-corrected chi connectivity index (χ1v) is 19.4. The molecule has 0 radical (unpaired) electrons. The van der Waals surface area contributed by atoms with Crippen molar-refractivity contribution in [2.75, 3.05) is 4.90 Å². The molecule has 1 aliphatic heterocycles. The molecule has 2 nitrogen and oxygen atoms in total. The van der Waals surface area contributed by atoms with Crippen LogP contribution in [0.3, 0.4) is 0 Å². The van der Waals surface area contributed by atoms with Crippen molar-refractivity contribution in [3.8, 4) is 27.9 Å².